The van der Waals surface area contributed by atoms with Crippen molar-refractivity contribution in [2.45, 2.75) is 46.6 Å². The Hall–Kier alpha value is -1.09. The quantitative estimate of drug-likeness (QED) is 0.842. The Balaban J connectivity index is 2.67. The SMILES string of the molecule is CCNC(CCc1ncccc1OC)C(C)(C)C. The van der Waals surface area contributed by atoms with Crippen molar-refractivity contribution in [1.82, 2.24) is 10.3 Å². The summed E-state index contributed by atoms with van der Waals surface area (Å²) < 4.78 is 5.34. The second-order valence-electron chi connectivity index (χ2n) is 5.67. The fraction of sp³-hybridized carbons (Fsp3) is 0.667. The monoisotopic (exact) mass is 250 g/mol. The lowest BCUT2D eigenvalue weighted by Gasteiger charge is -2.31. The van der Waals surface area contributed by atoms with Crippen molar-refractivity contribution in [1.29, 1.82) is 0 Å². The van der Waals surface area contributed by atoms with Crippen LogP contribution < -0.4 is 10.1 Å². The van der Waals surface area contributed by atoms with Gasteiger partial charge in [0.1, 0.15) is 5.75 Å². The molecule has 0 bridgehead atoms. The lowest BCUT2D eigenvalue weighted by molar-refractivity contribution is 0.257. The van der Waals surface area contributed by atoms with E-state index >= 15 is 0 Å². The summed E-state index contributed by atoms with van der Waals surface area (Å²) in [6, 6.07) is 4.38. The van der Waals surface area contributed by atoms with Crippen molar-refractivity contribution in [2.24, 2.45) is 5.41 Å². The number of aryl methyl sites for hydroxylation is 1. The zero-order valence-corrected chi connectivity index (χ0v) is 12.3. The molecular formula is C15H26N2O. The van der Waals surface area contributed by atoms with Gasteiger partial charge in [0, 0.05) is 12.2 Å². The summed E-state index contributed by atoms with van der Waals surface area (Å²) in [4.78, 5) is 4.41. The third-order valence-corrected chi connectivity index (χ3v) is 3.23. The Morgan fingerprint density at radius 1 is 1.39 bits per heavy atom. The van der Waals surface area contributed by atoms with Gasteiger partial charge in [0.15, 0.2) is 0 Å². The molecule has 1 rings (SSSR count). The summed E-state index contributed by atoms with van der Waals surface area (Å²) in [6.07, 6.45) is 3.85. The molecule has 0 fully saturated rings. The number of nitrogens with one attached hydrogen (secondary N) is 1. The molecule has 1 N–H and O–H groups in total. The first-order valence-corrected chi connectivity index (χ1v) is 6.70. The third-order valence-electron chi connectivity index (χ3n) is 3.23. The van der Waals surface area contributed by atoms with Gasteiger partial charge in [-0.3, -0.25) is 4.98 Å². The van der Waals surface area contributed by atoms with Gasteiger partial charge in [-0.05, 0) is 36.9 Å². The van der Waals surface area contributed by atoms with E-state index in [1.807, 2.05) is 18.3 Å². The molecule has 1 unspecified atom stereocenters. The van der Waals surface area contributed by atoms with Crippen LogP contribution in [0.2, 0.25) is 0 Å². The average Bonchev–Trinajstić information content (AvgIpc) is 2.33. The van der Waals surface area contributed by atoms with E-state index in [4.69, 9.17) is 4.74 Å². The van der Waals surface area contributed by atoms with Gasteiger partial charge in [-0.25, -0.2) is 0 Å². The minimum absolute atomic E-state index is 0.262. The molecule has 0 saturated heterocycles. The first-order chi connectivity index (χ1) is 8.49. The predicted octanol–water partition coefficient (Wildman–Crippen LogP) is 3.05. The lowest BCUT2D eigenvalue weighted by atomic mass is 9.83. The normalized spacial score (nSPS) is 13.4. The van der Waals surface area contributed by atoms with E-state index in [0.717, 1.165) is 30.8 Å². The standard InChI is InChI=1S/C15H26N2O/c1-6-16-14(15(2,3)4)10-9-12-13(18-5)8-7-11-17-12/h7-8,11,14,16H,6,9-10H2,1-5H3. The highest BCUT2D eigenvalue weighted by Gasteiger charge is 2.23. The predicted molar refractivity (Wildman–Crippen MR) is 76.0 cm³/mol. The molecule has 102 valence electrons. The Bertz CT molecular complexity index is 358. The average molecular weight is 250 g/mol. The van der Waals surface area contributed by atoms with Gasteiger partial charge in [0.25, 0.3) is 0 Å². The van der Waals surface area contributed by atoms with Gasteiger partial charge < -0.3 is 10.1 Å². The topological polar surface area (TPSA) is 34.2 Å². The smallest absolute Gasteiger partial charge is 0.140 e. The molecule has 1 heterocycles. The van der Waals surface area contributed by atoms with Crippen LogP contribution in [0.5, 0.6) is 5.75 Å². The number of ether oxygens (including phenoxy) is 1. The fourth-order valence-electron chi connectivity index (χ4n) is 2.17. The summed E-state index contributed by atoms with van der Waals surface area (Å²) in [5.74, 6) is 0.890. The van der Waals surface area contributed by atoms with Gasteiger partial charge in [-0.15, -0.1) is 0 Å². The minimum Gasteiger partial charge on any atom is -0.495 e. The highest BCUT2D eigenvalue weighted by molar-refractivity contribution is 5.26. The van der Waals surface area contributed by atoms with Crippen molar-refractivity contribution >= 4 is 0 Å². The van der Waals surface area contributed by atoms with Crippen molar-refractivity contribution in [3.8, 4) is 5.75 Å². The van der Waals surface area contributed by atoms with Crippen LogP contribution in [0, 0.1) is 5.41 Å². The van der Waals surface area contributed by atoms with Crippen molar-refractivity contribution in [3.63, 3.8) is 0 Å². The van der Waals surface area contributed by atoms with Crippen LogP contribution in [0.4, 0.5) is 0 Å². The van der Waals surface area contributed by atoms with Gasteiger partial charge in [-0.2, -0.15) is 0 Å². The van der Waals surface area contributed by atoms with Crippen molar-refractivity contribution in [2.75, 3.05) is 13.7 Å². The zero-order valence-electron chi connectivity index (χ0n) is 12.3. The molecule has 18 heavy (non-hydrogen) atoms. The third kappa shape index (κ3) is 4.30. The molecule has 0 amide bonds. The number of nitrogens with zero attached hydrogens (tertiary/aromatic N) is 1. The second kappa shape index (κ2) is 6.74. The number of rotatable bonds is 6. The molecule has 0 aliphatic heterocycles. The molecule has 0 radical (unpaired) electrons. The Morgan fingerprint density at radius 2 is 2.11 bits per heavy atom. The lowest BCUT2D eigenvalue weighted by Crippen LogP contribution is -2.40. The molecule has 1 aromatic heterocycles. The molecule has 3 heteroatoms. The highest BCUT2D eigenvalue weighted by Crippen LogP contribution is 2.24. The number of hydrogen-bond acceptors (Lipinski definition) is 3. The first-order valence-electron chi connectivity index (χ1n) is 6.70. The maximum Gasteiger partial charge on any atom is 0.140 e. The molecule has 0 aliphatic rings. The van der Waals surface area contributed by atoms with Crippen LogP contribution in [0.1, 0.15) is 39.8 Å². The molecule has 0 aliphatic carbocycles. The summed E-state index contributed by atoms with van der Waals surface area (Å²) in [5.41, 5.74) is 1.31. The molecule has 1 aromatic rings. The zero-order chi connectivity index (χ0) is 13.6. The van der Waals surface area contributed by atoms with Crippen LogP contribution >= 0.6 is 0 Å². The van der Waals surface area contributed by atoms with Crippen LogP contribution in [0.3, 0.4) is 0 Å². The Kier molecular flexibility index (Phi) is 5.60. The largest absolute Gasteiger partial charge is 0.495 e. The van der Waals surface area contributed by atoms with E-state index in [-0.39, 0.29) is 5.41 Å². The van der Waals surface area contributed by atoms with Crippen LogP contribution in [0.15, 0.2) is 18.3 Å². The Labute approximate surface area is 111 Å². The second-order valence-corrected chi connectivity index (χ2v) is 5.67. The van der Waals surface area contributed by atoms with Gasteiger partial charge in [0.2, 0.25) is 0 Å². The van der Waals surface area contributed by atoms with E-state index in [1.165, 1.54) is 0 Å². The number of aromatic nitrogens is 1. The van der Waals surface area contributed by atoms with Gasteiger partial charge in [0.05, 0.1) is 12.8 Å². The number of hydrogen-bond donors (Lipinski definition) is 1. The van der Waals surface area contributed by atoms with Crippen LogP contribution in [0.25, 0.3) is 0 Å². The van der Waals surface area contributed by atoms with Crippen LogP contribution in [-0.2, 0) is 6.42 Å². The minimum atomic E-state index is 0.262. The van der Waals surface area contributed by atoms with E-state index in [2.05, 4.69) is 38.0 Å². The van der Waals surface area contributed by atoms with E-state index in [1.54, 1.807) is 7.11 Å². The summed E-state index contributed by atoms with van der Waals surface area (Å²) in [6.45, 7) is 9.98. The van der Waals surface area contributed by atoms with E-state index in [9.17, 15) is 0 Å². The van der Waals surface area contributed by atoms with Crippen molar-refractivity contribution in [3.05, 3.63) is 24.0 Å². The Morgan fingerprint density at radius 3 is 2.67 bits per heavy atom. The molecule has 1 atom stereocenters. The summed E-state index contributed by atoms with van der Waals surface area (Å²) in [5, 5.41) is 3.56. The maximum atomic E-state index is 5.34. The molecule has 0 spiro atoms. The van der Waals surface area contributed by atoms with Crippen LogP contribution in [-0.4, -0.2) is 24.7 Å². The molecule has 3 nitrogen and oxygen atoms in total. The molecule has 0 saturated carbocycles. The van der Waals surface area contributed by atoms with Gasteiger partial charge >= 0.3 is 0 Å². The van der Waals surface area contributed by atoms with Crippen molar-refractivity contribution < 1.29 is 4.74 Å². The maximum absolute atomic E-state index is 5.34. The van der Waals surface area contributed by atoms with E-state index in [0.29, 0.717) is 6.04 Å². The first kappa shape index (κ1) is 15.0. The fourth-order valence-corrected chi connectivity index (χ4v) is 2.17. The summed E-state index contributed by atoms with van der Waals surface area (Å²) in [7, 11) is 1.70. The summed E-state index contributed by atoms with van der Waals surface area (Å²) >= 11 is 0. The molecule has 0 aromatic carbocycles. The number of pyridine rings is 1. The highest BCUT2D eigenvalue weighted by atomic mass is 16.5. The van der Waals surface area contributed by atoms with E-state index < -0.39 is 0 Å². The van der Waals surface area contributed by atoms with Gasteiger partial charge in [-0.1, -0.05) is 27.7 Å². The number of methoxy groups -OCH3 is 1. The molecular weight excluding hydrogens is 224 g/mol.